The molecular formula is C16H11ClINO. The van der Waals surface area contributed by atoms with E-state index in [0.717, 1.165) is 25.6 Å². The van der Waals surface area contributed by atoms with Crippen LogP contribution in [0.5, 0.6) is 0 Å². The van der Waals surface area contributed by atoms with Gasteiger partial charge < -0.3 is 5.11 Å². The van der Waals surface area contributed by atoms with E-state index in [-0.39, 0.29) is 0 Å². The molecular weight excluding hydrogens is 385 g/mol. The zero-order valence-corrected chi connectivity index (χ0v) is 13.3. The Kier molecular flexibility index (Phi) is 3.92. The van der Waals surface area contributed by atoms with Gasteiger partial charge in [-0.05, 0) is 64.0 Å². The second-order valence-corrected chi connectivity index (χ2v) is 6.12. The molecule has 0 fully saturated rings. The Morgan fingerprint density at radius 1 is 1.10 bits per heavy atom. The first-order valence-corrected chi connectivity index (χ1v) is 7.58. The minimum atomic E-state index is -0.702. The van der Waals surface area contributed by atoms with Crippen molar-refractivity contribution < 1.29 is 5.11 Å². The molecule has 0 aliphatic heterocycles. The van der Waals surface area contributed by atoms with E-state index in [1.165, 1.54) is 0 Å². The third kappa shape index (κ3) is 2.66. The van der Waals surface area contributed by atoms with Crippen LogP contribution in [0, 0.1) is 3.57 Å². The molecule has 1 N–H and O–H groups in total. The second-order valence-electron chi connectivity index (χ2n) is 4.52. The molecule has 4 heteroatoms. The van der Waals surface area contributed by atoms with Gasteiger partial charge in [-0.15, -0.1) is 0 Å². The maximum atomic E-state index is 10.6. The molecule has 3 rings (SSSR count). The third-order valence-electron chi connectivity index (χ3n) is 3.20. The average Bonchev–Trinajstić information content (AvgIpc) is 2.48. The summed E-state index contributed by atoms with van der Waals surface area (Å²) in [4.78, 5) is 4.32. The number of rotatable bonds is 2. The van der Waals surface area contributed by atoms with Gasteiger partial charge >= 0.3 is 0 Å². The van der Waals surface area contributed by atoms with Gasteiger partial charge in [-0.1, -0.05) is 29.8 Å². The van der Waals surface area contributed by atoms with Gasteiger partial charge in [0, 0.05) is 20.2 Å². The Hall–Kier alpha value is -1.17. The van der Waals surface area contributed by atoms with Crippen LogP contribution < -0.4 is 0 Å². The second kappa shape index (κ2) is 5.68. The minimum absolute atomic E-state index is 0.624. The summed E-state index contributed by atoms with van der Waals surface area (Å²) in [5.74, 6) is 0. The first kappa shape index (κ1) is 13.8. The standard InChI is InChI=1S/C16H11ClINO/c17-12-5-6-14(18)13(9-12)16(20)11-4-3-10-2-1-7-19-15(10)8-11/h1-9,16,20H. The maximum Gasteiger partial charge on any atom is 0.105 e. The third-order valence-corrected chi connectivity index (χ3v) is 4.42. The number of pyridine rings is 1. The molecule has 1 heterocycles. The lowest BCUT2D eigenvalue weighted by atomic mass is 10.0. The highest BCUT2D eigenvalue weighted by atomic mass is 127. The summed E-state index contributed by atoms with van der Waals surface area (Å²) in [5.41, 5.74) is 2.51. The molecule has 20 heavy (non-hydrogen) atoms. The maximum absolute atomic E-state index is 10.6. The van der Waals surface area contributed by atoms with Crippen LogP contribution in [0.3, 0.4) is 0 Å². The summed E-state index contributed by atoms with van der Waals surface area (Å²) in [7, 11) is 0. The van der Waals surface area contributed by atoms with Crippen molar-refractivity contribution in [2.75, 3.05) is 0 Å². The number of nitrogens with zero attached hydrogens (tertiary/aromatic N) is 1. The Bertz CT molecular complexity index is 775. The topological polar surface area (TPSA) is 33.1 Å². The van der Waals surface area contributed by atoms with Crippen molar-refractivity contribution in [3.05, 3.63) is 74.4 Å². The van der Waals surface area contributed by atoms with E-state index in [9.17, 15) is 5.11 Å². The lowest BCUT2D eigenvalue weighted by Gasteiger charge is -2.14. The van der Waals surface area contributed by atoms with Crippen LogP contribution in [0.1, 0.15) is 17.2 Å². The van der Waals surface area contributed by atoms with Crippen molar-refractivity contribution in [3.63, 3.8) is 0 Å². The van der Waals surface area contributed by atoms with Gasteiger partial charge in [-0.2, -0.15) is 0 Å². The van der Waals surface area contributed by atoms with E-state index in [1.54, 1.807) is 12.3 Å². The fourth-order valence-corrected chi connectivity index (χ4v) is 2.97. The van der Waals surface area contributed by atoms with Crippen LogP contribution in [-0.2, 0) is 0 Å². The quantitative estimate of drug-likeness (QED) is 0.645. The molecule has 2 aromatic carbocycles. The zero-order chi connectivity index (χ0) is 14.1. The number of halogens is 2. The number of aromatic nitrogens is 1. The van der Waals surface area contributed by atoms with E-state index < -0.39 is 6.10 Å². The molecule has 3 aromatic rings. The van der Waals surface area contributed by atoms with E-state index in [1.807, 2.05) is 42.5 Å². The molecule has 0 spiro atoms. The molecule has 0 saturated heterocycles. The summed E-state index contributed by atoms with van der Waals surface area (Å²) in [6.45, 7) is 0. The number of hydrogen-bond acceptors (Lipinski definition) is 2. The number of fused-ring (bicyclic) bond motifs is 1. The van der Waals surface area contributed by atoms with Crippen LogP contribution in [0.15, 0.2) is 54.7 Å². The van der Waals surface area contributed by atoms with E-state index in [4.69, 9.17) is 11.6 Å². The lowest BCUT2D eigenvalue weighted by molar-refractivity contribution is 0.219. The summed E-state index contributed by atoms with van der Waals surface area (Å²) >= 11 is 8.22. The van der Waals surface area contributed by atoms with Crippen LogP contribution >= 0.6 is 34.2 Å². The molecule has 1 unspecified atom stereocenters. The van der Waals surface area contributed by atoms with Gasteiger partial charge in [0.1, 0.15) is 6.10 Å². The van der Waals surface area contributed by atoms with Crippen molar-refractivity contribution in [1.82, 2.24) is 4.98 Å². The predicted octanol–water partition coefficient (Wildman–Crippen LogP) is 4.57. The molecule has 0 aliphatic rings. The van der Waals surface area contributed by atoms with E-state index in [2.05, 4.69) is 27.6 Å². The highest BCUT2D eigenvalue weighted by molar-refractivity contribution is 14.1. The average molecular weight is 396 g/mol. The van der Waals surface area contributed by atoms with Crippen molar-refractivity contribution in [2.45, 2.75) is 6.10 Å². The lowest BCUT2D eigenvalue weighted by Crippen LogP contribution is -2.02. The first-order valence-electron chi connectivity index (χ1n) is 6.13. The monoisotopic (exact) mass is 395 g/mol. The smallest absolute Gasteiger partial charge is 0.105 e. The summed E-state index contributed by atoms with van der Waals surface area (Å²) in [6, 6.07) is 15.2. The Morgan fingerprint density at radius 3 is 2.80 bits per heavy atom. The molecule has 1 atom stereocenters. The number of benzene rings is 2. The van der Waals surface area contributed by atoms with Gasteiger partial charge in [0.15, 0.2) is 0 Å². The van der Waals surface area contributed by atoms with Crippen LogP contribution in [0.4, 0.5) is 0 Å². The Labute approximate surface area is 135 Å². The highest BCUT2D eigenvalue weighted by Gasteiger charge is 2.14. The largest absolute Gasteiger partial charge is 0.384 e. The Morgan fingerprint density at radius 2 is 1.95 bits per heavy atom. The van der Waals surface area contributed by atoms with Crippen LogP contribution in [0.25, 0.3) is 10.9 Å². The van der Waals surface area contributed by atoms with Gasteiger partial charge in [0.2, 0.25) is 0 Å². The minimum Gasteiger partial charge on any atom is -0.384 e. The molecule has 1 aromatic heterocycles. The summed E-state index contributed by atoms with van der Waals surface area (Å²) in [6.07, 6.45) is 1.05. The van der Waals surface area contributed by atoms with Gasteiger partial charge in [-0.3, -0.25) is 4.98 Å². The van der Waals surface area contributed by atoms with Crippen molar-refractivity contribution in [3.8, 4) is 0 Å². The van der Waals surface area contributed by atoms with E-state index >= 15 is 0 Å². The summed E-state index contributed by atoms with van der Waals surface area (Å²) in [5, 5.41) is 12.2. The predicted molar refractivity (Wildman–Crippen MR) is 90.0 cm³/mol. The van der Waals surface area contributed by atoms with E-state index in [0.29, 0.717) is 5.02 Å². The number of aliphatic hydroxyl groups excluding tert-OH is 1. The fourth-order valence-electron chi connectivity index (χ4n) is 2.16. The highest BCUT2D eigenvalue weighted by Crippen LogP contribution is 2.29. The van der Waals surface area contributed by atoms with Crippen molar-refractivity contribution >= 4 is 45.1 Å². The SMILES string of the molecule is OC(c1ccc2cccnc2c1)c1cc(Cl)ccc1I. The summed E-state index contributed by atoms with van der Waals surface area (Å²) < 4.78 is 0.987. The Balaban J connectivity index is 2.07. The molecule has 0 amide bonds. The number of aliphatic hydroxyl groups is 1. The fraction of sp³-hybridized carbons (Fsp3) is 0.0625. The van der Waals surface area contributed by atoms with Crippen LogP contribution in [0.2, 0.25) is 5.02 Å². The molecule has 0 saturated carbocycles. The first-order chi connectivity index (χ1) is 9.65. The molecule has 100 valence electrons. The normalized spacial score (nSPS) is 12.6. The van der Waals surface area contributed by atoms with Gasteiger partial charge in [0.05, 0.1) is 5.52 Å². The van der Waals surface area contributed by atoms with Crippen molar-refractivity contribution in [1.29, 1.82) is 0 Å². The molecule has 0 radical (unpaired) electrons. The number of hydrogen-bond donors (Lipinski definition) is 1. The van der Waals surface area contributed by atoms with Crippen LogP contribution in [-0.4, -0.2) is 10.1 Å². The molecule has 2 nitrogen and oxygen atoms in total. The van der Waals surface area contributed by atoms with Gasteiger partial charge in [-0.25, -0.2) is 0 Å². The van der Waals surface area contributed by atoms with Gasteiger partial charge in [0.25, 0.3) is 0 Å². The molecule has 0 bridgehead atoms. The molecule has 0 aliphatic carbocycles. The van der Waals surface area contributed by atoms with Crippen molar-refractivity contribution in [2.24, 2.45) is 0 Å². The zero-order valence-electron chi connectivity index (χ0n) is 10.4.